The van der Waals surface area contributed by atoms with Crippen LogP contribution in [0.1, 0.15) is 12.0 Å². The minimum Gasteiger partial charge on any atom is -0.480 e. The monoisotopic (exact) mass is 257 g/mol. The van der Waals surface area contributed by atoms with Crippen LogP contribution in [0.2, 0.25) is 0 Å². The maximum atomic E-state index is 11.0. The van der Waals surface area contributed by atoms with Crippen molar-refractivity contribution >= 4 is 11.7 Å². The van der Waals surface area contributed by atoms with Crippen molar-refractivity contribution in [2.75, 3.05) is 5.32 Å². The second-order valence-corrected chi connectivity index (χ2v) is 4.79. The highest BCUT2D eigenvalue weighted by atomic mass is 16.4. The van der Waals surface area contributed by atoms with Crippen LogP contribution in [0.25, 0.3) is 11.3 Å². The first-order valence-electron chi connectivity index (χ1n) is 6.26. The summed E-state index contributed by atoms with van der Waals surface area (Å²) in [4.78, 5) is 11.0. The van der Waals surface area contributed by atoms with Gasteiger partial charge in [-0.05, 0) is 36.6 Å². The molecular weight excluding hydrogens is 242 g/mol. The van der Waals surface area contributed by atoms with Crippen LogP contribution in [-0.4, -0.2) is 26.9 Å². The van der Waals surface area contributed by atoms with E-state index in [4.69, 9.17) is 5.11 Å². The minimum atomic E-state index is -0.790. The Morgan fingerprint density at radius 1 is 1.47 bits per heavy atom. The lowest BCUT2D eigenvalue weighted by Gasteiger charge is -2.24. The Hall–Kier alpha value is -2.30. The lowest BCUT2D eigenvalue weighted by atomic mass is 9.95. The number of hydrogen-bond acceptors (Lipinski definition) is 3. The van der Waals surface area contributed by atoms with Gasteiger partial charge in [0.05, 0.1) is 5.69 Å². The maximum absolute atomic E-state index is 11.0. The molecule has 1 unspecified atom stereocenters. The Kier molecular flexibility index (Phi) is 2.74. The largest absolute Gasteiger partial charge is 0.480 e. The molecule has 1 atom stereocenters. The van der Waals surface area contributed by atoms with E-state index < -0.39 is 12.0 Å². The smallest absolute Gasteiger partial charge is 0.326 e. The highest BCUT2D eigenvalue weighted by Crippen LogP contribution is 2.29. The van der Waals surface area contributed by atoms with Gasteiger partial charge in [-0.15, -0.1) is 0 Å². The van der Waals surface area contributed by atoms with Crippen LogP contribution >= 0.6 is 0 Å². The summed E-state index contributed by atoms with van der Waals surface area (Å²) in [5.74, 6) is -0.790. The number of aliphatic carboxylic acids is 1. The van der Waals surface area contributed by atoms with Gasteiger partial charge in [0, 0.05) is 24.5 Å². The predicted molar refractivity (Wildman–Crippen MR) is 72.0 cm³/mol. The van der Waals surface area contributed by atoms with Gasteiger partial charge in [0.25, 0.3) is 0 Å². The molecular formula is C14H15N3O2. The molecule has 0 aliphatic carbocycles. The zero-order valence-corrected chi connectivity index (χ0v) is 10.6. The van der Waals surface area contributed by atoms with Crippen molar-refractivity contribution in [1.82, 2.24) is 9.78 Å². The molecule has 3 rings (SSSR count). The zero-order valence-electron chi connectivity index (χ0n) is 10.6. The van der Waals surface area contributed by atoms with Crippen molar-refractivity contribution in [1.29, 1.82) is 0 Å². The molecule has 1 aromatic heterocycles. The molecule has 5 nitrogen and oxygen atoms in total. The Bertz CT molecular complexity index is 633. The number of nitrogens with one attached hydrogen (secondary N) is 1. The third kappa shape index (κ3) is 2.07. The Balaban J connectivity index is 1.94. The molecule has 1 aliphatic heterocycles. The van der Waals surface area contributed by atoms with Crippen molar-refractivity contribution in [3.8, 4) is 11.3 Å². The SMILES string of the molecule is Cn1nccc1-c1ccc2c(c1)CCC(C(=O)O)N2. The fourth-order valence-corrected chi connectivity index (χ4v) is 2.50. The summed E-state index contributed by atoms with van der Waals surface area (Å²) in [5.41, 5.74) is 4.25. The number of carbonyl (C=O) groups is 1. The van der Waals surface area contributed by atoms with Gasteiger partial charge in [-0.3, -0.25) is 4.68 Å². The van der Waals surface area contributed by atoms with Crippen molar-refractivity contribution in [2.24, 2.45) is 7.05 Å². The highest BCUT2D eigenvalue weighted by molar-refractivity contribution is 5.79. The number of anilines is 1. The molecule has 0 saturated heterocycles. The number of hydrogen-bond donors (Lipinski definition) is 2. The summed E-state index contributed by atoms with van der Waals surface area (Å²) in [6.07, 6.45) is 3.18. The van der Waals surface area contributed by atoms with Crippen molar-refractivity contribution in [3.05, 3.63) is 36.0 Å². The third-order valence-electron chi connectivity index (χ3n) is 3.55. The second-order valence-electron chi connectivity index (χ2n) is 4.79. The van der Waals surface area contributed by atoms with Crippen LogP contribution in [0, 0.1) is 0 Å². The first kappa shape index (κ1) is 11.8. The standard InChI is InChI=1S/C14H15N3O2/c1-17-13(6-7-15-17)10-3-4-11-9(8-10)2-5-12(16-11)14(18)19/h3-4,6-8,12,16H,2,5H2,1H3,(H,18,19). The zero-order chi connectivity index (χ0) is 13.4. The molecule has 1 aromatic carbocycles. The number of rotatable bonds is 2. The number of carboxylic acid groups (broad SMARTS) is 1. The molecule has 98 valence electrons. The second kappa shape index (κ2) is 4.42. The van der Waals surface area contributed by atoms with Crippen LogP contribution in [0.15, 0.2) is 30.5 Å². The van der Waals surface area contributed by atoms with Crippen LogP contribution in [0.3, 0.4) is 0 Å². The predicted octanol–water partition coefficient (Wildman–Crippen LogP) is 1.90. The van der Waals surface area contributed by atoms with E-state index in [2.05, 4.69) is 16.5 Å². The number of aromatic nitrogens is 2. The fraction of sp³-hybridized carbons (Fsp3) is 0.286. The quantitative estimate of drug-likeness (QED) is 0.862. The summed E-state index contributed by atoms with van der Waals surface area (Å²) in [6.45, 7) is 0. The van der Waals surface area contributed by atoms with Gasteiger partial charge in [0.1, 0.15) is 6.04 Å². The van der Waals surface area contributed by atoms with Crippen LogP contribution in [0.5, 0.6) is 0 Å². The maximum Gasteiger partial charge on any atom is 0.326 e. The number of carboxylic acids is 1. The van der Waals surface area contributed by atoms with Gasteiger partial charge in [-0.2, -0.15) is 5.10 Å². The lowest BCUT2D eigenvalue weighted by molar-refractivity contribution is -0.138. The molecule has 0 saturated carbocycles. The Labute approximate surface area is 110 Å². The topological polar surface area (TPSA) is 67.2 Å². The summed E-state index contributed by atoms with van der Waals surface area (Å²) < 4.78 is 1.83. The lowest BCUT2D eigenvalue weighted by Crippen LogP contribution is -2.33. The van der Waals surface area contributed by atoms with Crippen molar-refractivity contribution < 1.29 is 9.90 Å². The van der Waals surface area contributed by atoms with Crippen LogP contribution in [-0.2, 0) is 18.3 Å². The molecule has 0 fully saturated rings. The van der Waals surface area contributed by atoms with Gasteiger partial charge in [0.2, 0.25) is 0 Å². The number of fused-ring (bicyclic) bond motifs is 1. The third-order valence-corrected chi connectivity index (χ3v) is 3.55. The molecule has 0 spiro atoms. The average molecular weight is 257 g/mol. The van der Waals surface area contributed by atoms with E-state index in [1.807, 2.05) is 29.9 Å². The Morgan fingerprint density at radius 2 is 2.32 bits per heavy atom. The fourth-order valence-electron chi connectivity index (χ4n) is 2.50. The number of nitrogens with zero attached hydrogens (tertiary/aromatic N) is 2. The molecule has 2 aromatic rings. The molecule has 0 radical (unpaired) electrons. The van der Waals surface area contributed by atoms with E-state index in [0.29, 0.717) is 6.42 Å². The molecule has 19 heavy (non-hydrogen) atoms. The van der Waals surface area contributed by atoms with Gasteiger partial charge in [0.15, 0.2) is 0 Å². The van der Waals surface area contributed by atoms with Gasteiger partial charge >= 0.3 is 5.97 Å². The first-order chi connectivity index (χ1) is 9.15. The van der Waals surface area contributed by atoms with Gasteiger partial charge in [-0.1, -0.05) is 6.07 Å². The number of benzene rings is 1. The van der Waals surface area contributed by atoms with Crippen molar-refractivity contribution in [3.63, 3.8) is 0 Å². The molecule has 2 heterocycles. The normalized spacial score (nSPS) is 17.6. The van der Waals surface area contributed by atoms with Crippen LogP contribution in [0.4, 0.5) is 5.69 Å². The van der Waals surface area contributed by atoms with Crippen molar-refractivity contribution in [2.45, 2.75) is 18.9 Å². The summed E-state index contributed by atoms with van der Waals surface area (Å²) in [7, 11) is 1.91. The molecule has 5 heteroatoms. The average Bonchev–Trinajstić information content (AvgIpc) is 2.83. The van der Waals surface area contributed by atoms with E-state index in [-0.39, 0.29) is 0 Å². The van der Waals surface area contributed by atoms with E-state index in [0.717, 1.165) is 28.9 Å². The highest BCUT2D eigenvalue weighted by Gasteiger charge is 2.23. The molecule has 2 N–H and O–H groups in total. The van der Waals surface area contributed by atoms with Gasteiger partial charge in [-0.25, -0.2) is 4.79 Å². The minimum absolute atomic E-state index is 0.477. The first-order valence-corrected chi connectivity index (χ1v) is 6.26. The van der Waals surface area contributed by atoms with Gasteiger partial charge < -0.3 is 10.4 Å². The molecule has 0 amide bonds. The summed E-state index contributed by atoms with van der Waals surface area (Å²) >= 11 is 0. The number of aryl methyl sites for hydroxylation is 2. The summed E-state index contributed by atoms with van der Waals surface area (Å²) in [5, 5.41) is 16.3. The molecule has 1 aliphatic rings. The van der Waals surface area contributed by atoms with E-state index in [1.54, 1.807) is 6.20 Å². The van der Waals surface area contributed by atoms with E-state index >= 15 is 0 Å². The van der Waals surface area contributed by atoms with E-state index in [9.17, 15) is 4.79 Å². The molecule has 0 bridgehead atoms. The Morgan fingerprint density at radius 3 is 3.00 bits per heavy atom. The van der Waals surface area contributed by atoms with E-state index in [1.165, 1.54) is 0 Å². The summed E-state index contributed by atoms with van der Waals surface area (Å²) in [6, 6.07) is 7.55. The van der Waals surface area contributed by atoms with Crippen LogP contribution < -0.4 is 5.32 Å².